The molecule has 17 heavy (non-hydrogen) atoms. The second-order valence-corrected chi connectivity index (χ2v) is 6.85. The van der Waals surface area contributed by atoms with Crippen LogP contribution in [0.2, 0.25) is 0 Å². The average molecular weight is 260 g/mol. The van der Waals surface area contributed by atoms with Gasteiger partial charge < -0.3 is 5.32 Å². The number of piperazine rings is 1. The molecule has 3 rings (SSSR count). The number of rotatable bonds is 4. The zero-order valence-corrected chi connectivity index (χ0v) is 10.7. The second kappa shape index (κ2) is 4.47. The third kappa shape index (κ3) is 2.63. The van der Waals surface area contributed by atoms with E-state index in [0.717, 1.165) is 39.0 Å². The summed E-state index contributed by atoms with van der Waals surface area (Å²) in [4.78, 5) is 2.39. The normalized spacial score (nSPS) is 29.2. The fourth-order valence-electron chi connectivity index (χ4n) is 2.33. The van der Waals surface area contributed by atoms with Crippen LogP contribution in [0.1, 0.15) is 12.8 Å². The van der Waals surface area contributed by atoms with Gasteiger partial charge in [-0.15, -0.1) is 0 Å². The van der Waals surface area contributed by atoms with E-state index in [1.807, 2.05) is 0 Å². The van der Waals surface area contributed by atoms with Crippen LogP contribution in [0.3, 0.4) is 0 Å². The summed E-state index contributed by atoms with van der Waals surface area (Å²) in [6.07, 6.45) is 1.99. The van der Waals surface area contributed by atoms with Crippen molar-refractivity contribution >= 4 is 10.2 Å². The summed E-state index contributed by atoms with van der Waals surface area (Å²) in [5, 5.41) is 3.25. The van der Waals surface area contributed by atoms with Crippen LogP contribution in [0.5, 0.6) is 0 Å². The summed E-state index contributed by atoms with van der Waals surface area (Å²) in [5.74, 6) is 0. The molecule has 2 heterocycles. The lowest BCUT2D eigenvalue weighted by Crippen LogP contribution is -2.62. The van der Waals surface area contributed by atoms with E-state index >= 15 is 0 Å². The molecule has 0 radical (unpaired) electrons. The lowest BCUT2D eigenvalue weighted by atomic mass is 10.1. The predicted octanol–water partition coefficient (Wildman–Crippen LogP) is -1.43. The molecule has 6 nitrogen and oxygen atoms in total. The highest BCUT2D eigenvalue weighted by molar-refractivity contribution is 7.87. The Morgan fingerprint density at radius 1 is 1.06 bits per heavy atom. The van der Waals surface area contributed by atoms with E-state index in [0.29, 0.717) is 19.1 Å². The molecular weight excluding hydrogens is 240 g/mol. The summed E-state index contributed by atoms with van der Waals surface area (Å²) >= 11 is 0. The van der Waals surface area contributed by atoms with Crippen LogP contribution in [-0.2, 0) is 10.2 Å². The third-order valence-corrected chi connectivity index (χ3v) is 5.46. The first-order chi connectivity index (χ1) is 8.15. The molecule has 0 spiro atoms. The van der Waals surface area contributed by atoms with E-state index in [1.165, 1.54) is 0 Å². The van der Waals surface area contributed by atoms with E-state index in [9.17, 15) is 8.42 Å². The Morgan fingerprint density at radius 3 is 2.18 bits per heavy atom. The standard InChI is InChI=1S/C10H20N4O2S/c15-17(16,12-9-1-2-9)14-5-3-13(4-6-14)10-7-11-8-10/h9-12H,1-8H2. The topological polar surface area (TPSA) is 64.7 Å². The van der Waals surface area contributed by atoms with E-state index in [4.69, 9.17) is 0 Å². The molecule has 2 saturated heterocycles. The lowest BCUT2D eigenvalue weighted by molar-refractivity contribution is 0.103. The van der Waals surface area contributed by atoms with Crippen molar-refractivity contribution in [1.82, 2.24) is 19.2 Å². The van der Waals surface area contributed by atoms with Crippen molar-refractivity contribution < 1.29 is 8.42 Å². The molecule has 0 unspecified atom stereocenters. The van der Waals surface area contributed by atoms with Gasteiger partial charge in [0, 0.05) is 51.4 Å². The quantitative estimate of drug-likeness (QED) is 0.651. The SMILES string of the molecule is O=S(=O)(NC1CC1)N1CCN(C2CNC2)CC1. The van der Waals surface area contributed by atoms with Crippen molar-refractivity contribution in [3.8, 4) is 0 Å². The van der Waals surface area contributed by atoms with E-state index in [1.54, 1.807) is 4.31 Å². The molecule has 3 fully saturated rings. The van der Waals surface area contributed by atoms with Crippen LogP contribution in [0, 0.1) is 0 Å². The first-order valence-electron chi connectivity index (χ1n) is 6.37. The maximum atomic E-state index is 12.0. The molecule has 3 aliphatic rings. The Bertz CT molecular complexity index is 370. The summed E-state index contributed by atoms with van der Waals surface area (Å²) in [6.45, 7) is 5.06. The number of hydrogen-bond donors (Lipinski definition) is 2. The van der Waals surface area contributed by atoms with Crippen LogP contribution in [0.4, 0.5) is 0 Å². The van der Waals surface area contributed by atoms with Crippen LogP contribution in [0.25, 0.3) is 0 Å². The van der Waals surface area contributed by atoms with E-state index < -0.39 is 10.2 Å². The van der Waals surface area contributed by atoms with Gasteiger partial charge in [0.25, 0.3) is 10.2 Å². The molecular formula is C10H20N4O2S. The molecule has 0 amide bonds. The molecule has 1 aliphatic carbocycles. The summed E-state index contributed by atoms with van der Waals surface area (Å²) < 4.78 is 28.3. The first-order valence-corrected chi connectivity index (χ1v) is 7.81. The van der Waals surface area contributed by atoms with Gasteiger partial charge >= 0.3 is 0 Å². The van der Waals surface area contributed by atoms with Gasteiger partial charge in [-0.2, -0.15) is 17.4 Å². The summed E-state index contributed by atoms with van der Waals surface area (Å²) in [5.41, 5.74) is 0. The Balaban J connectivity index is 1.52. The molecule has 7 heteroatoms. The van der Waals surface area contributed by atoms with Crippen molar-refractivity contribution in [2.45, 2.75) is 24.9 Å². The second-order valence-electron chi connectivity index (χ2n) is 5.14. The van der Waals surface area contributed by atoms with Crippen LogP contribution in [0.15, 0.2) is 0 Å². The van der Waals surface area contributed by atoms with Gasteiger partial charge in [0.1, 0.15) is 0 Å². The van der Waals surface area contributed by atoms with Crippen LogP contribution < -0.4 is 10.0 Å². The molecule has 0 aromatic rings. The molecule has 0 bridgehead atoms. The Hall–Kier alpha value is -0.210. The van der Waals surface area contributed by atoms with Crippen molar-refractivity contribution in [2.75, 3.05) is 39.3 Å². The minimum absolute atomic E-state index is 0.203. The maximum Gasteiger partial charge on any atom is 0.279 e. The van der Waals surface area contributed by atoms with Gasteiger partial charge in [0.15, 0.2) is 0 Å². The molecule has 98 valence electrons. The summed E-state index contributed by atoms with van der Waals surface area (Å²) in [7, 11) is -3.22. The highest BCUT2D eigenvalue weighted by Gasteiger charge is 2.34. The highest BCUT2D eigenvalue weighted by atomic mass is 32.2. The fourth-order valence-corrected chi connectivity index (χ4v) is 3.78. The highest BCUT2D eigenvalue weighted by Crippen LogP contribution is 2.21. The minimum atomic E-state index is -3.22. The van der Waals surface area contributed by atoms with Crippen molar-refractivity contribution in [1.29, 1.82) is 0 Å². The Morgan fingerprint density at radius 2 is 1.71 bits per heavy atom. The maximum absolute atomic E-state index is 12.0. The van der Waals surface area contributed by atoms with Crippen LogP contribution in [-0.4, -0.2) is 69.0 Å². The van der Waals surface area contributed by atoms with E-state index in [2.05, 4.69) is 14.9 Å². The molecule has 2 N–H and O–H groups in total. The number of nitrogens with zero attached hydrogens (tertiary/aromatic N) is 2. The van der Waals surface area contributed by atoms with Crippen LogP contribution >= 0.6 is 0 Å². The van der Waals surface area contributed by atoms with Crippen molar-refractivity contribution in [3.63, 3.8) is 0 Å². The minimum Gasteiger partial charge on any atom is -0.314 e. The van der Waals surface area contributed by atoms with Gasteiger partial charge in [-0.05, 0) is 12.8 Å². The Labute approximate surface area is 103 Å². The first kappa shape index (κ1) is 11.9. The zero-order valence-electron chi connectivity index (χ0n) is 9.93. The van der Waals surface area contributed by atoms with Gasteiger partial charge in [-0.1, -0.05) is 0 Å². The molecule has 0 atom stereocenters. The van der Waals surface area contributed by atoms with E-state index in [-0.39, 0.29) is 6.04 Å². The largest absolute Gasteiger partial charge is 0.314 e. The average Bonchev–Trinajstić information content (AvgIpc) is 2.99. The lowest BCUT2D eigenvalue weighted by Gasteiger charge is -2.42. The number of hydrogen-bond acceptors (Lipinski definition) is 4. The van der Waals surface area contributed by atoms with Crippen molar-refractivity contribution in [2.24, 2.45) is 0 Å². The molecule has 1 saturated carbocycles. The van der Waals surface area contributed by atoms with Gasteiger partial charge in [0.05, 0.1) is 0 Å². The van der Waals surface area contributed by atoms with Gasteiger partial charge in [-0.3, -0.25) is 4.90 Å². The molecule has 2 aliphatic heterocycles. The zero-order chi connectivity index (χ0) is 11.9. The van der Waals surface area contributed by atoms with Gasteiger partial charge in [0.2, 0.25) is 0 Å². The molecule has 0 aromatic carbocycles. The number of nitrogens with one attached hydrogen (secondary N) is 2. The summed E-state index contributed by atoms with van der Waals surface area (Å²) in [6, 6.07) is 0.824. The predicted molar refractivity (Wildman–Crippen MR) is 64.9 cm³/mol. The Kier molecular flexibility index (Phi) is 3.12. The van der Waals surface area contributed by atoms with Crippen molar-refractivity contribution in [3.05, 3.63) is 0 Å². The third-order valence-electron chi connectivity index (χ3n) is 3.78. The van der Waals surface area contributed by atoms with Gasteiger partial charge in [-0.25, -0.2) is 0 Å². The monoisotopic (exact) mass is 260 g/mol. The smallest absolute Gasteiger partial charge is 0.279 e. The fraction of sp³-hybridized carbons (Fsp3) is 1.00. The molecule has 0 aromatic heterocycles.